The van der Waals surface area contributed by atoms with Gasteiger partial charge < -0.3 is 9.47 Å². The van der Waals surface area contributed by atoms with Gasteiger partial charge in [0.2, 0.25) is 0 Å². The first kappa shape index (κ1) is 21.8. The molecule has 3 aromatic rings. The van der Waals surface area contributed by atoms with E-state index in [1.807, 2.05) is 12.1 Å². The van der Waals surface area contributed by atoms with Crippen molar-refractivity contribution in [3.8, 4) is 22.3 Å². The number of benzene rings is 3. The van der Waals surface area contributed by atoms with E-state index in [-0.39, 0.29) is 11.9 Å². The number of hydrogen-bond acceptors (Lipinski definition) is 2. The summed E-state index contributed by atoms with van der Waals surface area (Å²) in [5, 5.41) is -0.720. The van der Waals surface area contributed by atoms with Gasteiger partial charge in [-0.25, -0.2) is 17.6 Å². The van der Waals surface area contributed by atoms with E-state index < -0.39 is 33.9 Å². The molecule has 31 heavy (non-hydrogen) atoms. The van der Waals surface area contributed by atoms with Crippen LogP contribution in [0.15, 0.2) is 48.5 Å². The molecule has 2 nitrogen and oxygen atoms in total. The van der Waals surface area contributed by atoms with E-state index in [2.05, 4.69) is 0 Å². The van der Waals surface area contributed by atoms with Crippen LogP contribution in [0, 0.1) is 23.3 Å². The highest BCUT2D eigenvalue weighted by atomic mass is 35.5. The van der Waals surface area contributed by atoms with Crippen molar-refractivity contribution in [1.82, 2.24) is 0 Å². The molecule has 0 bridgehead atoms. The lowest BCUT2D eigenvalue weighted by Crippen LogP contribution is -2.25. The van der Waals surface area contributed by atoms with E-state index in [9.17, 15) is 17.6 Å². The van der Waals surface area contributed by atoms with Crippen LogP contribution in [0.25, 0.3) is 22.3 Å². The first-order valence-corrected chi connectivity index (χ1v) is 10.3. The van der Waals surface area contributed by atoms with Gasteiger partial charge in [-0.05, 0) is 59.4 Å². The minimum absolute atomic E-state index is 0.202. The van der Waals surface area contributed by atoms with E-state index in [1.54, 1.807) is 12.1 Å². The van der Waals surface area contributed by atoms with Gasteiger partial charge in [-0.1, -0.05) is 35.9 Å². The number of rotatable bonds is 5. The highest BCUT2D eigenvalue weighted by molar-refractivity contribution is 6.31. The van der Waals surface area contributed by atoms with Crippen LogP contribution >= 0.6 is 11.6 Å². The van der Waals surface area contributed by atoms with Gasteiger partial charge in [0.1, 0.15) is 28.3 Å². The summed E-state index contributed by atoms with van der Waals surface area (Å²) in [6.45, 7) is 1.40. The Morgan fingerprint density at radius 2 is 1.29 bits per heavy atom. The molecule has 0 aliphatic carbocycles. The molecule has 0 amide bonds. The predicted octanol–water partition coefficient (Wildman–Crippen LogP) is 6.93. The van der Waals surface area contributed by atoms with Gasteiger partial charge in [-0.3, -0.25) is 0 Å². The summed E-state index contributed by atoms with van der Waals surface area (Å²) in [6.07, 6.45) is 2.18. The summed E-state index contributed by atoms with van der Waals surface area (Å²) in [5.74, 6) is -4.02. The number of ether oxygens (including phenoxy) is 2. The summed E-state index contributed by atoms with van der Waals surface area (Å²) >= 11 is 5.45. The minimum atomic E-state index is -1.08. The van der Waals surface area contributed by atoms with E-state index in [0.717, 1.165) is 49.1 Å². The van der Waals surface area contributed by atoms with Crippen LogP contribution in [0.4, 0.5) is 17.6 Å². The zero-order valence-electron chi connectivity index (χ0n) is 16.4. The Morgan fingerprint density at radius 1 is 0.742 bits per heavy atom. The summed E-state index contributed by atoms with van der Waals surface area (Å²) in [7, 11) is 0. The summed E-state index contributed by atoms with van der Waals surface area (Å²) in [5.41, 5.74) is 1.21. The molecule has 0 saturated carbocycles. The van der Waals surface area contributed by atoms with Crippen molar-refractivity contribution in [2.24, 2.45) is 0 Å². The number of halogens is 5. The normalized spacial score (nSPS) is 14.7. The van der Waals surface area contributed by atoms with Gasteiger partial charge >= 0.3 is 0 Å². The fourth-order valence-electron chi connectivity index (χ4n) is 3.57. The maximum Gasteiger partial charge on any atom is 0.157 e. The van der Waals surface area contributed by atoms with Crippen LogP contribution in [0.2, 0.25) is 5.02 Å². The monoisotopic (exact) mass is 450 g/mol. The molecule has 0 atom stereocenters. The lowest BCUT2D eigenvalue weighted by Gasteiger charge is -2.23. The molecule has 1 saturated heterocycles. The molecular formula is C24H19ClF4O2. The van der Waals surface area contributed by atoms with Gasteiger partial charge in [0.15, 0.2) is 6.29 Å². The van der Waals surface area contributed by atoms with Gasteiger partial charge in [0.25, 0.3) is 0 Å². The topological polar surface area (TPSA) is 18.5 Å². The third kappa shape index (κ3) is 4.92. The second-order valence-corrected chi connectivity index (χ2v) is 7.71. The van der Waals surface area contributed by atoms with Crippen molar-refractivity contribution in [2.75, 3.05) is 13.2 Å². The standard InChI is InChI=1S/C24H19ClF4O2/c25-24-20(28)12-17(13-21(24)29)23-18(26)10-16(11-19(23)27)15-5-2-14(3-6-15)4-7-22-30-8-1-9-31-22/h2-3,5-6,10-13,22H,1,4,7-9H2. The lowest BCUT2D eigenvalue weighted by molar-refractivity contribution is -0.180. The molecule has 1 fully saturated rings. The molecule has 162 valence electrons. The quantitative estimate of drug-likeness (QED) is 0.310. The van der Waals surface area contributed by atoms with Crippen molar-refractivity contribution in [2.45, 2.75) is 25.6 Å². The van der Waals surface area contributed by atoms with Gasteiger partial charge in [0, 0.05) is 6.42 Å². The van der Waals surface area contributed by atoms with E-state index in [4.69, 9.17) is 21.1 Å². The largest absolute Gasteiger partial charge is 0.353 e. The highest BCUT2D eigenvalue weighted by Crippen LogP contribution is 2.34. The van der Waals surface area contributed by atoms with E-state index in [0.29, 0.717) is 24.3 Å². The molecule has 3 aromatic carbocycles. The average molecular weight is 451 g/mol. The first-order valence-electron chi connectivity index (χ1n) is 9.89. The number of hydrogen-bond donors (Lipinski definition) is 0. The Balaban J connectivity index is 1.54. The van der Waals surface area contributed by atoms with Crippen molar-refractivity contribution >= 4 is 11.6 Å². The van der Waals surface area contributed by atoms with Crippen LogP contribution in [-0.4, -0.2) is 19.5 Å². The molecule has 0 aromatic heterocycles. The van der Waals surface area contributed by atoms with E-state index >= 15 is 0 Å². The third-order valence-electron chi connectivity index (χ3n) is 5.17. The van der Waals surface area contributed by atoms with Gasteiger partial charge in [-0.2, -0.15) is 0 Å². The Hall–Kier alpha value is -2.41. The van der Waals surface area contributed by atoms with Crippen LogP contribution in [-0.2, 0) is 15.9 Å². The summed E-state index contributed by atoms with van der Waals surface area (Å²) in [6, 6.07) is 11.2. The zero-order valence-corrected chi connectivity index (χ0v) is 17.2. The lowest BCUT2D eigenvalue weighted by atomic mass is 9.97. The Bertz CT molecular complexity index is 1030. The second-order valence-electron chi connectivity index (χ2n) is 7.33. The Kier molecular flexibility index (Phi) is 6.60. The molecular weight excluding hydrogens is 432 g/mol. The third-order valence-corrected chi connectivity index (χ3v) is 5.53. The molecule has 7 heteroatoms. The van der Waals surface area contributed by atoms with Crippen molar-refractivity contribution < 1.29 is 27.0 Å². The molecule has 1 aliphatic heterocycles. The maximum atomic E-state index is 14.7. The smallest absolute Gasteiger partial charge is 0.157 e. The number of aryl methyl sites for hydroxylation is 1. The molecule has 0 N–H and O–H groups in total. The maximum absolute atomic E-state index is 14.7. The summed E-state index contributed by atoms with van der Waals surface area (Å²) < 4.78 is 67.9. The predicted molar refractivity (Wildman–Crippen MR) is 111 cm³/mol. The van der Waals surface area contributed by atoms with Crippen LogP contribution < -0.4 is 0 Å². The highest BCUT2D eigenvalue weighted by Gasteiger charge is 2.18. The second kappa shape index (κ2) is 9.39. The SMILES string of the molecule is Fc1cc(-c2c(F)cc(-c3ccc(CCC4OCCCO4)cc3)cc2F)cc(F)c1Cl. The average Bonchev–Trinajstić information content (AvgIpc) is 2.76. The molecule has 0 spiro atoms. The van der Waals surface area contributed by atoms with Gasteiger partial charge in [-0.15, -0.1) is 0 Å². The molecule has 1 aliphatic rings. The molecule has 0 radical (unpaired) electrons. The molecule has 1 heterocycles. The van der Waals surface area contributed by atoms with Crippen LogP contribution in [0.5, 0.6) is 0 Å². The van der Waals surface area contributed by atoms with Gasteiger partial charge in [0.05, 0.1) is 18.8 Å². The minimum Gasteiger partial charge on any atom is -0.353 e. The fraction of sp³-hybridized carbons (Fsp3) is 0.250. The van der Waals surface area contributed by atoms with Crippen LogP contribution in [0.3, 0.4) is 0 Å². The fourth-order valence-corrected chi connectivity index (χ4v) is 3.68. The zero-order chi connectivity index (χ0) is 22.0. The Morgan fingerprint density at radius 3 is 1.87 bits per heavy atom. The first-order chi connectivity index (χ1) is 14.9. The summed E-state index contributed by atoms with van der Waals surface area (Å²) in [4.78, 5) is 0. The van der Waals surface area contributed by atoms with Crippen molar-refractivity contribution in [3.63, 3.8) is 0 Å². The van der Waals surface area contributed by atoms with Crippen LogP contribution in [0.1, 0.15) is 18.4 Å². The van der Waals surface area contributed by atoms with Crippen molar-refractivity contribution in [1.29, 1.82) is 0 Å². The molecule has 4 rings (SSSR count). The van der Waals surface area contributed by atoms with E-state index in [1.165, 1.54) is 0 Å². The molecule has 0 unspecified atom stereocenters. The van der Waals surface area contributed by atoms with Crippen molar-refractivity contribution in [3.05, 3.63) is 82.4 Å². The Labute approximate surface area is 182 Å².